The molecule has 0 aliphatic carbocycles. The first-order valence-corrected chi connectivity index (χ1v) is 11.8. The number of aromatic nitrogens is 6. The standard InChI is InChI=1S/C22H20N10O2S/c23-18(33)13-11-16(30-29-13)25-20-28-21(26-17-8-4-10-32(17)20)31-9-3-6-14(31)19(34)27-22-24-12-5-1-2-7-15(12)35-22/h1-2,4-5,7-8,10-11,14H,3,6,9H2,(H2,23,33)(H,24,27,34)(H2,25,26,28,29,30). The Hall–Kier alpha value is -4.52. The Balaban J connectivity index is 1.28. The molecule has 5 aromatic rings. The third-order valence-corrected chi connectivity index (χ3v) is 6.75. The summed E-state index contributed by atoms with van der Waals surface area (Å²) in [7, 11) is 0. The second kappa shape index (κ2) is 8.36. The van der Waals surface area contributed by atoms with E-state index in [-0.39, 0.29) is 11.6 Å². The Morgan fingerprint density at radius 2 is 2.03 bits per heavy atom. The van der Waals surface area contributed by atoms with Gasteiger partial charge in [0.05, 0.1) is 10.2 Å². The van der Waals surface area contributed by atoms with Crippen molar-refractivity contribution in [2.45, 2.75) is 18.9 Å². The number of anilines is 4. The predicted octanol–water partition coefficient (Wildman–Crippen LogP) is 2.51. The summed E-state index contributed by atoms with van der Waals surface area (Å²) in [4.78, 5) is 40.4. The van der Waals surface area contributed by atoms with E-state index >= 15 is 0 Å². The molecule has 1 saturated heterocycles. The molecular weight excluding hydrogens is 468 g/mol. The van der Waals surface area contributed by atoms with E-state index in [0.717, 1.165) is 16.6 Å². The Kier molecular flexibility index (Phi) is 5.03. The molecule has 0 saturated carbocycles. The first kappa shape index (κ1) is 21.0. The predicted molar refractivity (Wildman–Crippen MR) is 132 cm³/mol. The van der Waals surface area contributed by atoms with Gasteiger partial charge in [0.25, 0.3) is 5.91 Å². The number of aromatic amines is 1. The lowest BCUT2D eigenvalue weighted by Crippen LogP contribution is -2.40. The number of thiazole rings is 1. The third-order valence-electron chi connectivity index (χ3n) is 5.80. The summed E-state index contributed by atoms with van der Waals surface area (Å²) < 4.78 is 2.77. The Morgan fingerprint density at radius 3 is 2.86 bits per heavy atom. The zero-order valence-electron chi connectivity index (χ0n) is 18.3. The molecular formula is C22H20N10O2S. The Morgan fingerprint density at radius 1 is 1.14 bits per heavy atom. The van der Waals surface area contributed by atoms with E-state index in [0.29, 0.717) is 41.5 Å². The fraction of sp³-hybridized carbons (Fsp3) is 0.182. The molecule has 2 amide bonds. The molecule has 0 bridgehead atoms. The number of hydrogen-bond donors (Lipinski definition) is 4. The summed E-state index contributed by atoms with van der Waals surface area (Å²) in [6.45, 7) is 0.641. The van der Waals surface area contributed by atoms with Gasteiger partial charge in [0, 0.05) is 18.8 Å². The third kappa shape index (κ3) is 3.91. The molecule has 1 aromatic carbocycles. The fourth-order valence-corrected chi connectivity index (χ4v) is 5.02. The van der Waals surface area contributed by atoms with Crippen molar-refractivity contribution < 1.29 is 9.59 Å². The molecule has 1 atom stereocenters. The SMILES string of the molecule is NC(=O)c1cc(Nc2nc(N3CCCC3C(=O)Nc3nc4ccccc4s3)nc3cccn23)n[nH]1. The lowest BCUT2D eigenvalue weighted by molar-refractivity contribution is -0.117. The van der Waals surface area contributed by atoms with Crippen molar-refractivity contribution in [3.63, 3.8) is 0 Å². The summed E-state index contributed by atoms with van der Waals surface area (Å²) >= 11 is 1.44. The molecule has 1 aliphatic rings. The van der Waals surface area contributed by atoms with E-state index in [2.05, 4.69) is 35.8 Å². The number of hydrogen-bond acceptors (Lipinski definition) is 9. The maximum atomic E-state index is 13.2. The number of carbonyl (C=O) groups excluding carboxylic acids is 2. The van der Waals surface area contributed by atoms with Gasteiger partial charge >= 0.3 is 0 Å². The van der Waals surface area contributed by atoms with Crippen LogP contribution < -0.4 is 21.3 Å². The first-order valence-electron chi connectivity index (χ1n) is 11.0. The molecule has 176 valence electrons. The van der Waals surface area contributed by atoms with Crippen LogP contribution in [-0.4, -0.2) is 54.0 Å². The Labute approximate surface area is 202 Å². The number of amides is 2. The van der Waals surface area contributed by atoms with Crippen LogP contribution in [0.3, 0.4) is 0 Å². The van der Waals surface area contributed by atoms with Crippen LogP contribution in [0.25, 0.3) is 15.9 Å². The van der Waals surface area contributed by atoms with Crippen molar-refractivity contribution >= 4 is 61.9 Å². The number of nitrogens with one attached hydrogen (secondary N) is 3. The minimum atomic E-state index is -0.612. The smallest absolute Gasteiger partial charge is 0.266 e. The number of nitrogens with two attached hydrogens (primary N) is 1. The quantitative estimate of drug-likeness (QED) is 0.284. The van der Waals surface area contributed by atoms with E-state index in [1.54, 1.807) is 4.40 Å². The highest BCUT2D eigenvalue weighted by molar-refractivity contribution is 7.22. The molecule has 5 heterocycles. The number of primary amides is 1. The van der Waals surface area contributed by atoms with Gasteiger partial charge in [-0.1, -0.05) is 23.5 Å². The van der Waals surface area contributed by atoms with Crippen LogP contribution in [0.15, 0.2) is 48.7 Å². The number of para-hydroxylation sites is 1. The van der Waals surface area contributed by atoms with Crippen LogP contribution in [0.4, 0.5) is 22.8 Å². The van der Waals surface area contributed by atoms with Crippen molar-refractivity contribution in [1.29, 1.82) is 0 Å². The molecule has 6 rings (SSSR count). The van der Waals surface area contributed by atoms with E-state index in [4.69, 9.17) is 5.73 Å². The highest BCUT2D eigenvalue weighted by atomic mass is 32.1. The van der Waals surface area contributed by atoms with Gasteiger partial charge in [0.15, 0.2) is 10.9 Å². The van der Waals surface area contributed by atoms with Gasteiger partial charge in [-0.05, 0) is 37.1 Å². The molecule has 4 aromatic heterocycles. The van der Waals surface area contributed by atoms with Crippen LogP contribution in [0, 0.1) is 0 Å². The second-order valence-corrected chi connectivity index (χ2v) is 9.10. The minimum Gasteiger partial charge on any atom is -0.364 e. The van der Waals surface area contributed by atoms with Crippen LogP contribution in [0.1, 0.15) is 23.3 Å². The van der Waals surface area contributed by atoms with Crippen LogP contribution in [-0.2, 0) is 4.79 Å². The second-order valence-electron chi connectivity index (χ2n) is 8.07. The highest BCUT2D eigenvalue weighted by Gasteiger charge is 2.33. The van der Waals surface area contributed by atoms with Gasteiger partial charge in [0.2, 0.25) is 17.8 Å². The molecule has 5 N–H and O–H groups in total. The van der Waals surface area contributed by atoms with Crippen molar-refractivity contribution in [3.8, 4) is 0 Å². The minimum absolute atomic E-state index is 0.145. The van der Waals surface area contributed by atoms with Gasteiger partial charge < -0.3 is 21.3 Å². The van der Waals surface area contributed by atoms with Crippen LogP contribution >= 0.6 is 11.3 Å². The molecule has 1 aliphatic heterocycles. The molecule has 12 nitrogen and oxygen atoms in total. The summed E-state index contributed by atoms with van der Waals surface area (Å²) in [5.74, 6) is 0.485. The van der Waals surface area contributed by atoms with Gasteiger partial charge in [0.1, 0.15) is 17.4 Å². The van der Waals surface area contributed by atoms with E-state index < -0.39 is 11.9 Å². The van der Waals surface area contributed by atoms with E-state index in [9.17, 15) is 9.59 Å². The van der Waals surface area contributed by atoms with Gasteiger partial charge in [-0.25, -0.2) is 4.98 Å². The maximum absolute atomic E-state index is 13.2. The number of benzene rings is 1. The van der Waals surface area contributed by atoms with Crippen LogP contribution in [0.5, 0.6) is 0 Å². The molecule has 0 spiro atoms. The van der Waals surface area contributed by atoms with E-state index in [1.165, 1.54) is 17.4 Å². The van der Waals surface area contributed by atoms with Gasteiger partial charge in [-0.15, -0.1) is 0 Å². The number of nitrogens with zero attached hydrogens (tertiary/aromatic N) is 6. The van der Waals surface area contributed by atoms with Crippen molar-refractivity contribution in [2.24, 2.45) is 5.73 Å². The van der Waals surface area contributed by atoms with Crippen molar-refractivity contribution in [1.82, 2.24) is 29.5 Å². The average molecular weight is 489 g/mol. The zero-order chi connectivity index (χ0) is 23.9. The fourth-order valence-electron chi connectivity index (χ4n) is 4.15. The molecule has 13 heteroatoms. The summed E-state index contributed by atoms with van der Waals surface area (Å²) in [6, 6.07) is 12.5. The van der Waals surface area contributed by atoms with Crippen LogP contribution in [0.2, 0.25) is 0 Å². The molecule has 35 heavy (non-hydrogen) atoms. The molecule has 1 fully saturated rings. The first-order chi connectivity index (χ1) is 17.0. The number of H-pyrrole nitrogens is 1. The largest absolute Gasteiger partial charge is 0.364 e. The molecule has 0 radical (unpaired) electrons. The topological polar surface area (TPSA) is 159 Å². The Bertz CT molecular complexity index is 1540. The maximum Gasteiger partial charge on any atom is 0.266 e. The van der Waals surface area contributed by atoms with E-state index in [1.807, 2.05) is 47.5 Å². The van der Waals surface area contributed by atoms with Gasteiger partial charge in [-0.2, -0.15) is 15.1 Å². The highest BCUT2D eigenvalue weighted by Crippen LogP contribution is 2.29. The average Bonchev–Trinajstić information content (AvgIpc) is 3.64. The lowest BCUT2D eigenvalue weighted by Gasteiger charge is -2.24. The van der Waals surface area contributed by atoms with Gasteiger partial charge in [-0.3, -0.25) is 19.1 Å². The number of fused-ring (bicyclic) bond motifs is 2. The number of rotatable bonds is 6. The van der Waals surface area contributed by atoms with Crippen molar-refractivity contribution in [2.75, 3.05) is 22.1 Å². The monoisotopic (exact) mass is 488 g/mol. The summed E-state index contributed by atoms with van der Waals surface area (Å²) in [5, 5.41) is 13.3. The molecule has 1 unspecified atom stereocenters. The zero-order valence-corrected chi connectivity index (χ0v) is 19.1. The number of carbonyl (C=O) groups is 2. The lowest BCUT2D eigenvalue weighted by atomic mass is 10.2. The van der Waals surface area contributed by atoms with Crippen molar-refractivity contribution in [3.05, 3.63) is 54.4 Å². The summed E-state index contributed by atoms with van der Waals surface area (Å²) in [5.41, 5.74) is 6.99. The normalized spacial score (nSPS) is 15.7. The summed E-state index contributed by atoms with van der Waals surface area (Å²) in [6.07, 6.45) is 3.32.